The molecule has 0 radical (unpaired) electrons. The molecule has 3 nitrogen and oxygen atoms in total. The SMILES string of the molecule is CC(C)(O)C1CCCC2(C)C(O)CCC(C)(O)C12. The van der Waals surface area contributed by atoms with E-state index in [0.717, 1.165) is 19.3 Å². The molecular weight excluding hydrogens is 228 g/mol. The standard InChI is InChI=1S/C15H28O3/c1-13(2,17)10-6-5-8-14(3)11(16)7-9-15(4,18)12(10)14/h10-12,16-18H,5-9H2,1-4H3. The molecule has 2 rings (SSSR count). The molecule has 0 aliphatic heterocycles. The van der Waals surface area contributed by atoms with E-state index in [0.29, 0.717) is 12.8 Å². The minimum atomic E-state index is -0.798. The number of aliphatic hydroxyl groups is 3. The Morgan fingerprint density at radius 2 is 1.72 bits per heavy atom. The Balaban J connectivity index is 2.42. The Morgan fingerprint density at radius 1 is 1.11 bits per heavy atom. The fraction of sp³-hybridized carbons (Fsp3) is 1.00. The average Bonchev–Trinajstić information content (AvgIpc) is 2.22. The summed E-state index contributed by atoms with van der Waals surface area (Å²) < 4.78 is 0. The fourth-order valence-electron chi connectivity index (χ4n) is 4.68. The molecule has 0 heterocycles. The molecule has 0 amide bonds. The van der Waals surface area contributed by atoms with Gasteiger partial charge in [0.2, 0.25) is 0 Å². The summed E-state index contributed by atoms with van der Waals surface area (Å²) in [5.74, 6) is 0.0312. The predicted molar refractivity (Wildman–Crippen MR) is 71.1 cm³/mol. The number of hydrogen-bond donors (Lipinski definition) is 3. The summed E-state index contributed by atoms with van der Waals surface area (Å²) in [6.45, 7) is 7.64. The maximum atomic E-state index is 10.8. The molecule has 2 saturated carbocycles. The van der Waals surface area contributed by atoms with Gasteiger partial charge in [0, 0.05) is 5.92 Å². The van der Waals surface area contributed by atoms with Crippen LogP contribution in [0.1, 0.15) is 59.8 Å². The van der Waals surface area contributed by atoms with Crippen molar-refractivity contribution < 1.29 is 15.3 Å². The Morgan fingerprint density at radius 3 is 2.28 bits per heavy atom. The van der Waals surface area contributed by atoms with Crippen LogP contribution >= 0.6 is 0 Å². The summed E-state index contributed by atoms with van der Waals surface area (Å²) in [6, 6.07) is 0. The second-order valence-electron chi connectivity index (χ2n) is 7.55. The summed E-state index contributed by atoms with van der Waals surface area (Å²) in [5, 5.41) is 31.6. The van der Waals surface area contributed by atoms with Crippen molar-refractivity contribution in [1.29, 1.82) is 0 Å². The normalized spacial score (nSPS) is 49.8. The highest BCUT2D eigenvalue weighted by Crippen LogP contribution is 2.58. The van der Waals surface area contributed by atoms with Gasteiger partial charge in [0.05, 0.1) is 17.3 Å². The lowest BCUT2D eigenvalue weighted by Gasteiger charge is -2.59. The Kier molecular flexibility index (Phi) is 3.33. The molecule has 0 bridgehead atoms. The third-order valence-corrected chi connectivity index (χ3v) is 5.61. The van der Waals surface area contributed by atoms with Crippen LogP contribution in [-0.2, 0) is 0 Å². The Labute approximate surface area is 110 Å². The molecule has 0 aromatic carbocycles. The molecule has 5 unspecified atom stereocenters. The van der Waals surface area contributed by atoms with Gasteiger partial charge in [-0.3, -0.25) is 0 Å². The first-order chi connectivity index (χ1) is 8.09. The van der Waals surface area contributed by atoms with Gasteiger partial charge in [-0.05, 0) is 57.8 Å². The van der Waals surface area contributed by atoms with Crippen LogP contribution in [0.5, 0.6) is 0 Å². The molecule has 2 fully saturated rings. The summed E-state index contributed by atoms with van der Waals surface area (Å²) in [4.78, 5) is 0. The second-order valence-corrected chi connectivity index (χ2v) is 7.55. The molecule has 0 spiro atoms. The summed E-state index contributed by atoms with van der Waals surface area (Å²) in [5.41, 5.74) is -1.84. The molecular formula is C15H28O3. The van der Waals surface area contributed by atoms with Crippen LogP contribution in [0.25, 0.3) is 0 Å². The third-order valence-electron chi connectivity index (χ3n) is 5.61. The lowest BCUT2D eigenvalue weighted by molar-refractivity contribution is -0.213. The largest absolute Gasteiger partial charge is 0.393 e. The fourth-order valence-corrected chi connectivity index (χ4v) is 4.68. The van der Waals surface area contributed by atoms with Crippen molar-refractivity contribution in [1.82, 2.24) is 0 Å². The number of aliphatic hydroxyl groups excluding tert-OH is 1. The van der Waals surface area contributed by atoms with E-state index in [9.17, 15) is 15.3 Å². The van der Waals surface area contributed by atoms with E-state index in [1.165, 1.54) is 0 Å². The maximum Gasteiger partial charge on any atom is 0.0658 e. The summed E-state index contributed by atoms with van der Waals surface area (Å²) in [6.07, 6.45) is 3.84. The van der Waals surface area contributed by atoms with Gasteiger partial charge in [-0.1, -0.05) is 13.3 Å². The van der Waals surface area contributed by atoms with Gasteiger partial charge in [-0.2, -0.15) is 0 Å². The highest BCUT2D eigenvalue weighted by Gasteiger charge is 2.59. The zero-order chi connectivity index (χ0) is 13.8. The minimum absolute atomic E-state index is 0.0255. The van der Waals surface area contributed by atoms with Crippen LogP contribution in [0.2, 0.25) is 0 Å². The van der Waals surface area contributed by atoms with Gasteiger partial charge in [-0.15, -0.1) is 0 Å². The van der Waals surface area contributed by atoms with Crippen molar-refractivity contribution in [2.75, 3.05) is 0 Å². The van der Waals surface area contributed by atoms with E-state index in [1.807, 2.05) is 20.8 Å². The van der Waals surface area contributed by atoms with Crippen molar-refractivity contribution in [3.63, 3.8) is 0 Å². The van der Waals surface area contributed by atoms with Crippen LogP contribution < -0.4 is 0 Å². The lowest BCUT2D eigenvalue weighted by atomic mass is 9.48. The average molecular weight is 256 g/mol. The summed E-state index contributed by atoms with van der Waals surface area (Å²) in [7, 11) is 0. The molecule has 0 saturated heterocycles. The third kappa shape index (κ3) is 2.10. The zero-order valence-corrected chi connectivity index (χ0v) is 12.1. The molecule has 0 aromatic rings. The molecule has 18 heavy (non-hydrogen) atoms. The molecule has 106 valence electrons. The lowest BCUT2D eigenvalue weighted by Crippen LogP contribution is -2.62. The highest BCUT2D eigenvalue weighted by atomic mass is 16.3. The molecule has 2 aliphatic rings. The highest BCUT2D eigenvalue weighted by molar-refractivity contribution is 5.09. The Bertz CT molecular complexity index is 318. The van der Waals surface area contributed by atoms with Gasteiger partial charge in [0.1, 0.15) is 0 Å². The van der Waals surface area contributed by atoms with Crippen LogP contribution in [0.15, 0.2) is 0 Å². The van der Waals surface area contributed by atoms with E-state index in [-0.39, 0.29) is 23.4 Å². The summed E-state index contributed by atoms with van der Waals surface area (Å²) >= 11 is 0. The van der Waals surface area contributed by atoms with Crippen molar-refractivity contribution >= 4 is 0 Å². The molecule has 3 N–H and O–H groups in total. The van der Waals surface area contributed by atoms with E-state index in [4.69, 9.17) is 0 Å². The first-order valence-corrected chi connectivity index (χ1v) is 7.22. The monoisotopic (exact) mass is 256 g/mol. The van der Waals surface area contributed by atoms with E-state index < -0.39 is 11.2 Å². The molecule has 3 heteroatoms. The van der Waals surface area contributed by atoms with E-state index >= 15 is 0 Å². The first kappa shape index (κ1) is 14.3. The zero-order valence-electron chi connectivity index (χ0n) is 12.1. The molecule has 0 aromatic heterocycles. The molecule has 5 atom stereocenters. The van der Waals surface area contributed by atoms with E-state index in [1.54, 1.807) is 0 Å². The second kappa shape index (κ2) is 4.19. The van der Waals surface area contributed by atoms with Gasteiger partial charge in [0.25, 0.3) is 0 Å². The van der Waals surface area contributed by atoms with Crippen molar-refractivity contribution in [3.8, 4) is 0 Å². The van der Waals surface area contributed by atoms with Crippen molar-refractivity contribution in [2.45, 2.75) is 77.1 Å². The van der Waals surface area contributed by atoms with Crippen LogP contribution in [0.4, 0.5) is 0 Å². The van der Waals surface area contributed by atoms with Gasteiger partial charge in [0.15, 0.2) is 0 Å². The maximum absolute atomic E-state index is 10.8. The van der Waals surface area contributed by atoms with Gasteiger partial charge < -0.3 is 15.3 Å². The predicted octanol–water partition coefficient (Wildman–Crippen LogP) is 2.09. The quantitative estimate of drug-likeness (QED) is 0.673. The van der Waals surface area contributed by atoms with Crippen LogP contribution in [0.3, 0.4) is 0 Å². The smallest absolute Gasteiger partial charge is 0.0658 e. The van der Waals surface area contributed by atoms with Gasteiger partial charge >= 0.3 is 0 Å². The van der Waals surface area contributed by atoms with Crippen LogP contribution in [0, 0.1) is 17.3 Å². The number of fused-ring (bicyclic) bond motifs is 1. The van der Waals surface area contributed by atoms with Crippen molar-refractivity contribution in [3.05, 3.63) is 0 Å². The Hall–Kier alpha value is -0.120. The topological polar surface area (TPSA) is 60.7 Å². The number of hydrogen-bond acceptors (Lipinski definition) is 3. The van der Waals surface area contributed by atoms with Crippen molar-refractivity contribution in [2.24, 2.45) is 17.3 Å². The minimum Gasteiger partial charge on any atom is -0.393 e. The first-order valence-electron chi connectivity index (χ1n) is 7.22. The molecule has 2 aliphatic carbocycles. The van der Waals surface area contributed by atoms with E-state index in [2.05, 4.69) is 6.92 Å². The van der Waals surface area contributed by atoms with Gasteiger partial charge in [-0.25, -0.2) is 0 Å². The van der Waals surface area contributed by atoms with Crippen LogP contribution in [-0.4, -0.2) is 32.6 Å². The number of rotatable bonds is 1.